The van der Waals surface area contributed by atoms with E-state index < -0.39 is 23.6 Å². The third kappa shape index (κ3) is 9.18. The number of ether oxygens (including phenoxy) is 2. The van der Waals surface area contributed by atoms with Gasteiger partial charge in [0, 0.05) is 12.8 Å². The Balaban J connectivity index is 1.05. The average Bonchev–Trinajstić information content (AvgIpc) is 2.99. The molecule has 0 atom stereocenters. The van der Waals surface area contributed by atoms with Gasteiger partial charge in [0.1, 0.15) is 11.5 Å². The maximum absolute atomic E-state index is 12.1. The molecule has 0 radical (unpaired) electrons. The van der Waals surface area contributed by atoms with Crippen LogP contribution < -0.4 is 31.2 Å². The Morgan fingerprint density at radius 1 is 0.524 bits per heavy atom. The lowest BCUT2D eigenvalue weighted by atomic mass is 10.1. The number of carbonyl (C=O) groups excluding carboxylic acids is 4. The molecule has 0 aliphatic rings. The summed E-state index contributed by atoms with van der Waals surface area (Å²) in [5.74, 6) is -0.821. The highest BCUT2D eigenvalue weighted by atomic mass is 79.9. The van der Waals surface area contributed by atoms with Gasteiger partial charge < -0.3 is 9.47 Å². The Morgan fingerprint density at radius 2 is 0.857 bits per heavy atom. The van der Waals surface area contributed by atoms with Crippen LogP contribution in [0.2, 0.25) is 0 Å². The van der Waals surface area contributed by atoms with Crippen molar-refractivity contribution in [1.29, 1.82) is 0 Å². The van der Waals surface area contributed by atoms with Gasteiger partial charge in [-0.3, -0.25) is 40.9 Å². The summed E-state index contributed by atoms with van der Waals surface area (Å²) in [5.41, 5.74) is 9.27. The molecular weight excluding hydrogens is 672 g/mol. The summed E-state index contributed by atoms with van der Waals surface area (Å²) in [5, 5.41) is 4.01. The third-order valence-corrected chi connectivity index (χ3v) is 7.30. The molecule has 4 N–H and O–H groups in total. The first-order valence-corrected chi connectivity index (χ1v) is 14.6. The molecule has 0 spiro atoms. The van der Waals surface area contributed by atoms with Crippen LogP contribution in [-0.2, 0) is 19.2 Å². The molecule has 4 aromatic carbocycles. The summed E-state index contributed by atoms with van der Waals surface area (Å²) in [6, 6.07) is 23.0. The minimum absolute atomic E-state index is 0.103. The van der Waals surface area contributed by atoms with E-state index in [1.54, 1.807) is 0 Å². The number of hydrazine groups is 2. The van der Waals surface area contributed by atoms with Crippen LogP contribution in [0.1, 0.15) is 25.7 Å². The van der Waals surface area contributed by atoms with Gasteiger partial charge in [-0.15, -0.1) is 0 Å². The number of rotatable bonds is 11. The van der Waals surface area contributed by atoms with Crippen LogP contribution >= 0.6 is 31.9 Å². The van der Waals surface area contributed by atoms with E-state index in [-0.39, 0.29) is 26.1 Å². The van der Waals surface area contributed by atoms with E-state index in [0.29, 0.717) is 33.3 Å². The van der Waals surface area contributed by atoms with Crippen molar-refractivity contribution >= 4 is 77.0 Å². The molecule has 0 aliphatic carbocycles. The number of hydrogen-bond acceptors (Lipinski definition) is 6. The Bertz CT molecular complexity index is 1490. The summed E-state index contributed by atoms with van der Waals surface area (Å²) in [6.45, 7) is -0.568. The van der Waals surface area contributed by atoms with Crippen LogP contribution in [0.25, 0.3) is 21.5 Å². The van der Waals surface area contributed by atoms with Crippen molar-refractivity contribution in [2.24, 2.45) is 0 Å². The number of hydrogen-bond donors (Lipinski definition) is 4. The lowest BCUT2D eigenvalue weighted by Crippen LogP contribution is -2.44. The van der Waals surface area contributed by atoms with E-state index in [1.165, 1.54) is 0 Å². The van der Waals surface area contributed by atoms with Crippen molar-refractivity contribution in [2.45, 2.75) is 25.7 Å². The normalized spacial score (nSPS) is 10.6. The fourth-order valence-corrected chi connectivity index (χ4v) is 4.89. The van der Waals surface area contributed by atoms with Crippen LogP contribution in [0.15, 0.2) is 81.7 Å². The molecule has 0 saturated heterocycles. The monoisotopic (exact) mass is 698 g/mol. The second kappa shape index (κ2) is 15.2. The maximum atomic E-state index is 12.1. The summed E-state index contributed by atoms with van der Waals surface area (Å²) < 4.78 is 12.6. The molecule has 0 bridgehead atoms. The second-order valence-corrected chi connectivity index (χ2v) is 10.9. The first kappa shape index (κ1) is 30.8. The van der Waals surface area contributed by atoms with Gasteiger partial charge >= 0.3 is 0 Å². The summed E-state index contributed by atoms with van der Waals surface area (Å²) >= 11 is 6.87. The van der Waals surface area contributed by atoms with Gasteiger partial charge in [0.2, 0.25) is 11.8 Å². The highest BCUT2D eigenvalue weighted by molar-refractivity contribution is 9.11. The largest absolute Gasteiger partial charge is 0.483 e. The zero-order valence-corrected chi connectivity index (χ0v) is 25.5. The minimum atomic E-state index is -0.518. The third-order valence-electron chi connectivity index (χ3n) is 6.06. The van der Waals surface area contributed by atoms with Gasteiger partial charge in [-0.1, -0.05) is 48.5 Å². The van der Waals surface area contributed by atoms with Gasteiger partial charge in [-0.2, -0.15) is 0 Å². The Labute approximate surface area is 258 Å². The van der Waals surface area contributed by atoms with Crippen molar-refractivity contribution in [3.8, 4) is 11.5 Å². The van der Waals surface area contributed by atoms with Crippen LogP contribution in [-0.4, -0.2) is 36.8 Å². The van der Waals surface area contributed by atoms with E-state index >= 15 is 0 Å². The molecule has 4 aromatic rings. The number of nitrogens with one attached hydrogen (secondary N) is 4. The van der Waals surface area contributed by atoms with E-state index in [1.807, 2.05) is 72.8 Å². The van der Waals surface area contributed by atoms with Crippen molar-refractivity contribution in [2.75, 3.05) is 13.2 Å². The van der Waals surface area contributed by atoms with Crippen LogP contribution in [0.4, 0.5) is 0 Å². The number of amides is 4. The van der Waals surface area contributed by atoms with Gasteiger partial charge in [0.05, 0.1) is 8.95 Å². The van der Waals surface area contributed by atoms with Crippen LogP contribution in [0.5, 0.6) is 11.5 Å². The van der Waals surface area contributed by atoms with Crippen molar-refractivity contribution < 1.29 is 28.7 Å². The maximum Gasteiger partial charge on any atom is 0.276 e. The highest BCUT2D eigenvalue weighted by Gasteiger charge is 2.11. The zero-order valence-electron chi connectivity index (χ0n) is 22.4. The lowest BCUT2D eigenvalue weighted by Gasteiger charge is -2.11. The molecule has 0 aliphatic heterocycles. The molecule has 0 heterocycles. The molecule has 218 valence electrons. The predicted octanol–water partition coefficient (Wildman–Crippen LogP) is 4.83. The van der Waals surface area contributed by atoms with Crippen molar-refractivity contribution in [3.05, 3.63) is 81.7 Å². The lowest BCUT2D eigenvalue weighted by molar-refractivity contribution is -0.130. The van der Waals surface area contributed by atoms with E-state index in [0.717, 1.165) is 21.5 Å². The van der Waals surface area contributed by atoms with E-state index in [4.69, 9.17) is 9.47 Å². The summed E-state index contributed by atoms with van der Waals surface area (Å²) in [6.07, 6.45) is 1.02. The second-order valence-electron chi connectivity index (χ2n) is 9.24. The minimum Gasteiger partial charge on any atom is -0.483 e. The molecule has 0 aromatic heterocycles. The number of halogens is 2. The summed E-state index contributed by atoms with van der Waals surface area (Å²) in [7, 11) is 0. The molecule has 0 fully saturated rings. The smallest absolute Gasteiger partial charge is 0.276 e. The van der Waals surface area contributed by atoms with Gasteiger partial charge in [0.15, 0.2) is 13.2 Å². The van der Waals surface area contributed by atoms with Crippen molar-refractivity contribution in [3.63, 3.8) is 0 Å². The molecule has 10 nitrogen and oxygen atoms in total. The molecule has 4 rings (SSSR count). The average molecular weight is 700 g/mol. The van der Waals surface area contributed by atoms with E-state index in [9.17, 15) is 19.2 Å². The molecule has 0 unspecified atom stereocenters. The standard InChI is InChI=1S/C30H28Br2N4O6/c31-23-13-19-7-1-3-9-21(19)15-25(23)41-17-29(39)35-33-27(37)11-5-6-12-28(38)34-36-30(40)18-42-26-16-22-10-4-2-8-20(22)14-24(26)32/h1-4,7-10,13-16H,5-6,11-12,17-18H2,(H,33,37)(H,34,38)(H,35,39)(H,36,40). The number of fused-ring (bicyclic) bond motifs is 2. The number of unbranched alkanes of at least 4 members (excludes halogenated alkanes) is 1. The molecule has 42 heavy (non-hydrogen) atoms. The quantitative estimate of drug-likeness (QED) is 0.131. The van der Waals surface area contributed by atoms with Crippen molar-refractivity contribution in [1.82, 2.24) is 21.7 Å². The Morgan fingerprint density at radius 3 is 1.24 bits per heavy atom. The van der Waals surface area contributed by atoms with Crippen LogP contribution in [0.3, 0.4) is 0 Å². The SMILES string of the molecule is O=C(CCCCC(=O)NNC(=O)COc1cc2ccccc2cc1Br)NNC(=O)COc1cc2ccccc2cc1Br. The topological polar surface area (TPSA) is 135 Å². The highest BCUT2D eigenvalue weighted by Crippen LogP contribution is 2.31. The van der Waals surface area contributed by atoms with Gasteiger partial charge in [0.25, 0.3) is 11.8 Å². The molecular formula is C30H28Br2N4O6. The summed E-state index contributed by atoms with van der Waals surface area (Å²) in [4.78, 5) is 48.2. The van der Waals surface area contributed by atoms with Gasteiger partial charge in [-0.05, 0) is 90.5 Å². The molecule has 0 saturated carbocycles. The molecule has 4 amide bonds. The Kier molecular flexibility index (Phi) is 11.1. The predicted molar refractivity (Wildman–Crippen MR) is 165 cm³/mol. The first-order valence-electron chi connectivity index (χ1n) is 13.1. The molecule has 12 heteroatoms. The number of carbonyl (C=O) groups is 4. The van der Waals surface area contributed by atoms with E-state index in [2.05, 4.69) is 53.6 Å². The Hall–Kier alpha value is -4.16. The number of benzene rings is 4. The fourth-order valence-electron chi connectivity index (χ4n) is 3.94. The first-order chi connectivity index (χ1) is 20.3. The zero-order chi connectivity index (χ0) is 29.9. The van der Waals surface area contributed by atoms with Gasteiger partial charge in [-0.25, -0.2) is 0 Å². The fraction of sp³-hybridized carbons (Fsp3) is 0.200. The van der Waals surface area contributed by atoms with Crippen LogP contribution in [0, 0.1) is 0 Å².